The Kier molecular flexibility index (Phi) is 5.24. The molecule has 2 heterocycles. The Balaban J connectivity index is 1.75. The minimum absolute atomic E-state index is 0.0984. The maximum Gasteiger partial charge on any atom is 0.439 e. The highest BCUT2D eigenvalue weighted by atomic mass is 32.1. The quantitative estimate of drug-likeness (QED) is 0.537. The monoisotopic (exact) mass is 401 g/mol. The maximum atomic E-state index is 13.7. The van der Waals surface area contributed by atoms with Gasteiger partial charge in [-0.2, -0.15) is 13.2 Å². The van der Waals surface area contributed by atoms with Crippen LogP contribution in [-0.2, 0) is 11.3 Å². The molecule has 144 valence electrons. The van der Waals surface area contributed by atoms with Crippen LogP contribution in [0.25, 0.3) is 5.57 Å². The van der Waals surface area contributed by atoms with Gasteiger partial charge in [0.15, 0.2) is 0 Å². The molecule has 1 aliphatic heterocycles. The van der Waals surface area contributed by atoms with Crippen LogP contribution >= 0.6 is 11.3 Å². The zero-order valence-corrected chi connectivity index (χ0v) is 15.7. The van der Waals surface area contributed by atoms with E-state index < -0.39 is 12.4 Å². The van der Waals surface area contributed by atoms with Crippen molar-refractivity contribution in [3.63, 3.8) is 0 Å². The van der Waals surface area contributed by atoms with Crippen molar-refractivity contribution in [1.29, 1.82) is 0 Å². The fourth-order valence-electron chi connectivity index (χ4n) is 3.35. The van der Waals surface area contributed by atoms with Gasteiger partial charge in [0.25, 0.3) is 0 Å². The third kappa shape index (κ3) is 3.98. The first-order valence-electron chi connectivity index (χ1n) is 8.86. The van der Waals surface area contributed by atoms with Gasteiger partial charge in [0.2, 0.25) is 6.23 Å². The molecule has 1 fully saturated rings. The van der Waals surface area contributed by atoms with E-state index in [4.69, 9.17) is 4.74 Å². The molecule has 4 rings (SSSR count). The Labute approximate surface area is 165 Å². The Morgan fingerprint density at radius 2 is 1.64 bits per heavy atom. The average molecular weight is 401 g/mol. The number of rotatable bonds is 4. The Morgan fingerprint density at radius 1 is 0.964 bits per heavy atom. The third-order valence-corrected chi connectivity index (χ3v) is 5.44. The van der Waals surface area contributed by atoms with Gasteiger partial charge in [0.05, 0.1) is 6.54 Å². The van der Waals surface area contributed by atoms with Crippen molar-refractivity contribution in [2.45, 2.75) is 18.9 Å². The third-order valence-electron chi connectivity index (χ3n) is 4.55. The zero-order chi connectivity index (χ0) is 19.6. The van der Waals surface area contributed by atoms with Crippen LogP contribution in [0.4, 0.5) is 13.2 Å². The van der Waals surface area contributed by atoms with E-state index in [9.17, 15) is 13.2 Å². The van der Waals surface area contributed by atoms with Crippen LogP contribution in [0.15, 0.2) is 83.9 Å². The SMILES string of the molecule is FC(F)(F)[C@@H]1O/C(=C(\c2ccccc2)c2cccs2)CN1Cc1ccccc1. The molecule has 0 bridgehead atoms. The number of alkyl halides is 3. The summed E-state index contributed by atoms with van der Waals surface area (Å²) in [6.07, 6.45) is -6.44. The number of hydrogen-bond donors (Lipinski definition) is 0. The molecule has 0 spiro atoms. The van der Waals surface area contributed by atoms with E-state index in [1.807, 2.05) is 78.2 Å². The molecular formula is C22H18F3NOS. The van der Waals surface area contributed by atoms with E-state index in [0.717, 1.165) is 21.6 Å². The molecule has 2 aromatic carbocycles. The zero-order valence-electron chi connectivity index (χ0n) is 14.9. The summed E-state index contributed by atoms with van der Waals surface area (Å²) in [5, 5.41) is 1.91. The van der Waals surface area contributed by atoms with Crippen LogP contribution in [-0.4, -0.2) is 23.8 Å². The summed E-state index contributed by atoms with van der Waals surface area (Å²) in [5.74, 6) is 0.354. The van der Waals surface area contributed by atoms with Gasteiger partial charge in [-0.3, -0.25) is 0 Å². The van der Waals surface area contributed by atoms with Crippen LogP contribution in [0.5, 0.6) is 0 Å². The molecule has 0 saturated carbocycles. The lowest BCUT2D eigenvalue weighted by Crippen LogP contribution is -2.41. The predicted octanol–water partition coefficient (Wildman–Crippen LogP) is 5.93. The van der Waals surface area contributed by atoms with Crippen LogP contribution in [0.2, 0.25) is 0 Å². The normalized spacial score (nSPS) is 19.5. The van der Waals surface area contributed by atoms with Crippen molar-refractivity contribution >= 4 is 16.9 Å². The topological polar surface area (TPSA) is 12.5 Å². The van der Waals surface area contributed by atoms with Gasteiger partial charge in [0.1, 0.15) is 5.76 Å². The number of hydrogen-bond acceptors (Lipinski definition) is 3. The highest BCUT2D eigenvalue weighted by Gasteiger charge is 2.50. The van der Waals surface area contributed by atoms with Crippen LogP contribution in [0.3, 0.4) is 0 Å². The van der Waals surface area contributed by atoms with Crippen LogP contribution in [0.1, 0.15) is 16.0 Å². The summed E-state index contributed by atoms with van der Waals surface area (Å²) in [7, 11) is 0. The molecule has 28 heavy (non-hydrogen) atoms. The molecule has 1 aliphatic rings. The van der Waals surface area contributed by atoms with Crippen molar-refractivity contribution in [3.8, 4) is 0 Å². The number of benzene rings is 2. The van der Waals surface area contributed by atoms with E-state index >= 15 is 0 Å². The Bertz CT molecular complexity index is 937. The number of ether oxygens (including phenoxy) is 1. The van der Waals surface area contributed by atoms with Gasteiger partial charge in [-0.25, -0.2) is 4.90 Å². The summed E-state index contributed by atoms with van der Waals surface area (Å²) in [6.45, 7) is 0.266. The first-order valence-corrected chi connectivity index (χ1v) is 9.74. The summed E-state index contributed by atoms with van der Waals surface area (Å²) in [4.78, 5) is 2.23. The maximum absolute atomic E-state index is 13.7. The minimum Gasteiger partial charge on any atom is -0.468 e. The molecule has 0 unspecified atom stereocenters. The van der Waals surface area contributed by atoms with E-state index in [2.05, 4.69) is 0 Å². The van der Waals surface area contributed by atoms with Gasteiger partial charge in [-0.1, -0.05) is 66.7 Å². The van der Waals surface area contributed by atoms with Gasteiger partial charge in [-0.15, -0.1) is 11.3 Å². The van der Waals surface area contributed by atoms with Crippen molar-refractivity contribution < 1.29 is 17.9 Å². The molecule has 6 heteroatoms. The molecule has 1 atom stereocenters. The molecule has 0 N–H and O–H groups in total. The second kappa shape index (κ2) is 7.81. The standard InChI is InChI=1S/C22H18F3NOS/c23-22(24,25)21-26(14-16-8-3-1-4-9-16)15-18(27-21)20(19-12-7-13-28-19)17-10-5-2-6-11-17/h1-13,21H,14-15H2/b20-18+/t21-/m0/s1. The first-order chi connectivity index (χ1) is 13.5. The van der Waals surface area contributed by atoms with E-state index in [-0.39, 0.29) is 13.1 Å². The molecule has 1 saturated heterocycles. The van der Waals surface area contributed by atoms with Crippen LogP contribution < -0.4 is 0 Å². The lowest BCUT2D eigenvalue weighted by molar-refractivity contribution is -0.236. The molecule has 0 radical (unpaired) electrons. The fraction of sp³-hybridized carbons (Fsp3) is 0.182. The van der Waals surface area contributed by atoms with Crippen molar-refractivity contribution in [1.82, 2.24) is 4.90 Å². The summed E-state index contributed by atoms with van der Waals surface area (Å²) in [5.41, 5.74) is 2.39. The fourth-order valence-corrected chi connectivity index (χ4v) is 4.16. The Morgan fingerprint density at radius 3 is 2.25 bits per heavy atom. The highest BCUT2D eigenvalue weighted by Crippen LogP contribution is 2.39. The second-order valence-electron chi connectivity index (χ2n) is 6.54. The molecule has 0 aliphatic carbocycles. The average Bonchev–Trinajstić information content (AvgIpc) is 3.34. The first kappa shape index (κ1) is 18.8. The van der Waals surface area contributed by atoms with Crippen molar-refractivity contribution in [2.75, 3.05) is 6.54 Å². The number of thiophene rings is 1. The lowest BCUT2D eigenvalue weighted by Gasteiger charge is -2.24. The van der Waals surface area contributed by atoms with Gasteiger partial charge < -0.3 is 4.74 Å². The van der Waals surface area contributed by atoms with E-state index in [1.165, 1.54) is 16.2 Å². The van der Waals surface area contributed by atoms with Crippen molar-refractivity contribution in [3.05, 3.63) is 99.9 Å². The summed E-state index contributed by atoms with van der Waals surface area (Å²) < 4.78 is 46.7. The molecule has 3 aromatic rings. The smallest absolute Gasteiger partial charge is 0.439 e. The Hall–Kier alpha value is -2.57. The van der Waals surface area contributed by atoms with Crippen molar-refractivity contribution in [2.24, 2.45) is 0 Å². The van der Waals surface area contributed by atoms with Gasteiger partial charge in [-0.05, 0) is 22.6 Å². The molecular weight excluding hydrogens is 383 g/mol. The molecule has 1 aromatic heterocycles. The lowest BCUT2D eigenvalue weighted by atomic mass is 10.0. The van der Waals surface area contributed by atoms with E-state index in [0.29, 0.717) is 5.76 Å². The minimum atomic E-state index is -4.48. The van der Waals surface area contributed by atoms with E-state index in [1.54, 1.807) is 0 Å². The number of halogens is 3. The summed E-state index contributed by atoms with van der Waals surface area (Å²) in [6, 6.07) is 22.4. The number of nitrogens with zero attached hydrogens (tertiary/aromatic N) is 1. The predicted molar refractivity (Wildman–Crippen MR) is 105 cm³/mol. The largest absolute Gasteiger partial charge is 0.468 e. The summed E-state index contributed by atoms with van der Waals surface area (Å²) >= 11 is 1.49. The second-order valence-corrected chi connectivity index (χ2v) is 7.49. The van der Waals surface area contributed by atoms with Crippen LogP contribution in [0, 0.1) is 0 Å². The molecule has 2 nitrogen and oxygen atoms in total. The van der Waals surface area contributed by atoms with Gasteiger partial charge in [0, 0.05) is 17.0 Å². The molecule has 0 amide bonds. The van der Waals surface area contributed by atoms with Gasteiger partial charge >= 0.3 is 6.18 Å². The highest BCUT2D eigenvalue weighted by molar-refractivity contribution is 7.11.